The van der Waals surface area contributed by atoms with Crippen LogP contribution in [-0.4, -0.2) is 11.7 Å². The summed E-state index contributed by atoms with van der Waals surface area (Å²) in [5, 5.41) is 0.128. The minimum absolute atomic E-state index is 0.128. The fraction of sp³-hybridized carbons (Fsp3) is 0.133. The van der Waals surface area contributed by atoms with Crippen LogP contribution in [0.3, 0.4) is 0 Å². The van der Waals surface area contributed by atoms with E-state index in [-0.39, 0.29) is 11.2 Å². The molecule has 19 heavy (non-hydrogen) atoms. The summed E-state index contributed by atoms with van der Waals surface area (Å²) in [5.41, 5.74) is 2.35. The number of amides is 1. The summed E-state index contributed by atoms with van der Waals surface area (Å²) in [5.74, 6) is 0.0506. The summed E-state index contributed by atoms with van der Waals surface area (Å²) in [6.45, 7) is 0. The summed E-state index contributed by atoms with van der Waals surface area (Å²) in [6, 6.07) is 20.3. The molecule has 0 aliphatic rings. The molecule has 0 saturated carbocycles. The van der Waals surface area contributed by atoms with Gasteiger partial charge in [0.1, 0.15) is 0 Å². The third kappa shape index (κ3) is 3.98. The van der Waals surface area contributed by atoms with Crippen molar-refractivity contribution in [2.24, 2.45) is 4.36 Å². The van der Waals surface area contributed by atoms with Crippen LogP contribution >= 0.6 is 11.8 Å². The Hall–Kier alpha value is -1.52. The third-order valence-electron chi connectivity index (χ3n) is 2.68. The number of hydrogen-bond acceptors (Lipinski definition) is 3. The van der Waals surface area contributed by atoms with Crippen LogP contribution in [0.25, 0.3) is 0 Å². The van der Waals surface area contributed by atoms with Crippen LogP contribution in [0.15, 0.2) is 65.0 Å². The molecule has 0 heterocycles. The topological polar surface area (TPSA) is 29.4 Å². The van der Waals surface area contributed by atoms with Crippen LogP contribution in [0.2, 0.25) is 0 Å². The Morgan fingerprint density at radius 2 is 1.47 bits per heavy atom. The number of carbonyl (C=O) groups excluding carboxylic acids is 1. The predicted molar refractivity (Wildman–Crippen MR) is 82.0 cm³/mol. The summed E-state index contributed by atoms with van der Waals surface area (Å²) < 4.78 is 3.27. The van der Waals surface area contributed by atoms with Crippen LogP contribution in [0, 0.1) is 0 Å². The molecule has 1 amide bonds. The van der Waals surface area contributed by atoms with E-state index in [1.54, 1.807) is 11.8 Å². The Kier molecular flexibility index (Phi) is 5.24. The zero-order valence-electron chi connectivity index (χ0n) is 10.2. The molecule has 0 unspecified atom stereocenters. The molecule has 0 fully saturated rings. The summed E-state index contributed by atoms with van der Waals surface area (Å²) >= 11 is 5.97. The van der Waals surface area contributed by atoms with E-state index in [0.29, 0.717) is 5.75 Å². The van der Waals surface area contributed by atoms with Crippen molar-refractivity contribution >= 4 is 30.1 Å². The van der Waals surface area contributed by atoms with Crippen LogP contribution in [0.1, 0.15) is 16.4 Å². The van der Waals surface area contributed by atoms with Gasteiger partial charge in [-0.05, 0) is 11.1 Å². The first kappa shape index (κ1) is 13.9. The lowest BCUT2D eigenvalue weighted by molar-refractivity contribution is -0.115. The molecule has 2 aromatic rings. The van der Waals surface area contributed by atoms with Gasteiger partial charge >= 0.3 is 0 Å². The Bertz CT molecular complexity index is 503. The normalized spacial score (nSPS) is 10.4. The van der Waals surface area contributed by atoms with Crippen molar-refractivity contribution in [1.29, 1.82) is 0 Å². The number of rotatable bonds is 5. The fourth-order valence-electron chi connectivity index (χ4n) is 1.82. The Labute approximate surface area is 122 Å². The molecule has 2 aromatic carbocycles. The van der Waals surface area contributed by atoms with Gasteiger partial charge in [-0.25, -0.2) is 0 Å². The molecule has 0 aromatic heterocycles. The van der Waals surface area contributed by atoms with Crippen molar-refractivity contribution in [3.63, 3.8) is 0 Å². The first-order valence-corrected chi connectivity index (χ1v) is 7.30. The minimum atomic E-state index is -0.253. The SMILES string of the molecule is O=C(CSC(c1ccccc1)c1ccccc1)N=S. The average molecular weight is 287 g/mol. The molecule has 96 valence electrons. The second-order valence-corrected chi connectivity index (χ2v) is 5.27. The summed E-state index contributed by atoms with van der Waals surface area (Å²) in [4.78, 5) is 11.3. The second-order valence-electron chi connectivity index (χ2n) is 4.00. The third-order valence-corrected chi connectivity index (χ3v) is 4.17. The Morgan fingerprint density at radius 1 is 1.00 bits per heavy atom. The van der Waals surface area contributed by atoms with E-state index in [2.05, 4.69) is 41.1 Å². The highest BCUT2D eigenvalue weighted by atomic mass is 32.2. The van der Waals surface area contributed by atoms with Gasteiger partial charge in [0.15, 0.2) is 0 Å². The minimum Gasteiger partial charge on any atom is -0.271 e. The van der Waals surface area contributed by atoms with Crippen LogP contribution in [0.4, 0.5) is 0 Å². The van der Waals surface area contributed by atoms with E-state index in [1.807, 2.05) is 36.4 Å². The van der Waals surface area contributed by atoms with E-state index in [9.17, 15) is 4.79 Å². The molecule has 0 N–H and O–H groups in total. The Balaban J connectivity index is 2.24. The monoisotopic (exact) mass is 287 g/mol. The smallest absolute Gasteiger partial charge is 0.266 e. The lowest BCUT2D eigenvalue weighted by atomic mass is 10.0. The molecule has 0 radical (unpaired) electrons. The molecular formula is C15H13NOS2. The molecule has 0 spiro atoms. The van der Waals surface area contributed by atoms with Gasteiger partial charge in [-0.15, -0.1) is 16.1 Å². The van der Waals surface area contributed by atoms with Gasteiger partial charge in [0, 0.05) is 12.4 Å². The highest BCUT2D eigenvalue weighted by Gasteiger charge is 2.15. The number of thioether (sulfide) groups is 1. The molecule has 0 aliphatic carbocycles. The molecule has 4 heteroatoms. The number of benzene rings is 2. The highest BCUT2D eigenvalue weighted by molar-refractivity contribution is 8.00. The van der Waals surface area contributed by atoms with Crippen LogP contribution < -0.4 is 0 Å². The van der Waals surface area contributed by atoms with Gasteiger partial charge in [0.25, 0.3) is 5.91 Å². The standard InChI is InChI=1S/C15H13NOS2/c17-14(16-18)11-19-15(12-7-3-1-4-8-12)13-9-5-2-6-10-13/h1-10,15H,11H2. The number of carbonyl (C=O) groups is 1. The van der Waals surface area contributed by atoms with Crippen LogP contribution in [0.5, 0.6) is 0 Å². The first-order chi connectivity index (χ1) is 9.31. The zero-order valence-corrected chi connectivity index (χ0v) is 11.9. The van der Waals surface area contributed by atoms with Crippen molar-refractivity contribution < 1.29 is 4.79 Å². The van der Waals surface area contributed by atoms with Crippen molar-refractivity contribution in [2.75, 3.05) is 5.75 Å². The average Bonchev–Trinajstić information content (AvgIpc) is 2.49. The van der Waals surface area contributed by atoms with Crippen molar-refractivity contribution in [2.45, 2.75) is 5.25 Å². The maximum atomic E-state index is 11.3. The van der Waals surface area contributed by atoms with Gasteiger partial charge in [-0.3, -0.25) is 4.79 Å². The second kappa shape index (κ2) is 7.16. The molecule has 0 bridgehead atoms. The Morgan fingerprint density at radius 3 is 1.89 bits per heavy atom. The van der Waals surface area contributed by atoms with Crippen molar-refractivity contribution in [3.8, 4) is 0 Å². The van der Waals surface area contributed by atoms with Gasteiger partial charge in [0.05, 0.1) is 11.0 Å². The maximum absolute atomic E-state index is 11.3. The lowest BCUT2D eigenvalue weighted by Crippen LogP contribution is -2.02. The molecule has 0 atom stereocenters. The summed E-state index contributed by atoms with van der Waals surface area (Å²) in [7, 11) is 0. The number of hydrogen-bond donors (Lipinski definition) is 0. The molecule has 2 nitrogen and oxygen atoms in total. The molecular weight excluding hydrogens is 274 g/mol. The van der Waals surface area contributed by atoms with E-state index < -0.39 is 0 Å². The van der Waals surface area contributed by atoms with E-state index >= 15 is 0 Å². The van der Waals surface area contributed by atoms with Crippen molar-refractivity contribution in [3.05, 3.63) is 71.8 Å². The molecule has 0 aliphatic heterocycles. The van der Waals surface area contributed by atoms with Crippen molar-refractivity contribution in [1.82, 2.24) is 0 Å². The molecule has 0 saturated heterocycles. The number of nitrogens with zero attached hydrogens (tertiary/aromatic N) is 1. The lowest BCUT2D eigenvalue weighted by Gasteiger charge is -2.16. The van der Waals surface area contributed by atoms with Gasteiger partial charge in [-0.1, -0.05) is 60.7 Å². The highest BCUT2D eigenvalue weighted by Crippen LogP contribution is 2.35. The first-order valence-electron chi connectivity index (χ1n) is 5.89. The zero-order chi connectivity index (χ0) is 13.5. The van der Waals surface area contributed by atoms with Crippen LogP contribution in [-0.2, 0) is 17.2 Å². The molecule has 2 rings (SSSR count). The van der Waals surface area contributed by atoms with E-state index in [4.69, 9.17) is 0 Å². The van der Waals surface area contributed by atoms with E-state index in [1.165, 1.54) is 11.1 Å². The maximum Gasteiger partial charge on any atom is 0.266 e. The van der Waals surface area contributed by atoms with Gasteiger partial charge in [0.2, 0.25) is 0 Å². The fourth-order valence-corrected chi connectivity index (χ4v) is 3.04. The predicted octanol–water partition coefficient (Wildman–Crippen LogP) is 3.77. The van der Waals surface area contributed by atoms with Gasteiger partial charge in [-0.2, -0.15) is 0 Å². The largest absolute Gasteiger partial charge is 0.271 e. The quantitative estimate of drug-likeness (QED) is 0.838. The van der Waals surface area contributed by atoms with Gasteiger partial charge < -0.3 is 0 Å². The van der Waals surface area contributed by atoms with E-state index in [0.717, 1.165) is 0 Å². The summed E-state index contributed by atoms with van der Waals surface area (Å²) in [6.07, 6.45) is 0.